The molecule has 0 spiro atoms. The van der Waals surface area contributed by atoms with Gasteiger partial charge in [-0.25, -0.2) is 0 Å². The molecule has 0 radical (unpaired) electrons. The van der Waals surface area contributed by atoms with E-state index in [0.717, 1.165) is 28.7 Å². The smallest absolute Gasteiger partial charge is 0.406 e. The van der Waals surface area contributed by atoms with Crippen LogP contribution in [0.5, 0.6) is 5.75 Å². The number of amides is 1. The molecule has 0 saturated heterocycles. The average Bonchev–Trinajstić information content (AvgIpc) is 2.72. The maximum atomic E-state index is 12.7. The first-order chi connectivity index (χ1) is 13.9. The molecular weight excluding hydrogens is 381 g/mol. The van der Waals surface area contributed by atoms with Gasteiger partial charge in [-0.1, -0.05) is 30.3 Å². The average molecular weight is 398 g/mol. The molecule has 0 fully saturated rings. The van der Waals surface area contributed by atoms with Crippen LogP contribution in [0.4, 0.5) is 13.2 Å². The molecule has 4 nitrogen and oxygen atoms in total. The zero-order valence-corrected chi connectivity index (χ0v) is 15.3. The molecule has 0 bridgehead atoms. The van der Waals surface area contributed by atoms with Crippen LogP contribution < -0.4 is 4.74 Å². The van der Waals surface area contributed by atoms with Crippen LogP contribution in [0.1, 0.15) is 21.6 Å². The van der Waals surface area contributed by atoms with Crippen molar-refractivity contribution in [1.29, 1.82) is 0 Å². The fourth-order valence-electron chi connectivity index (χ4n) is 3.41. The topological polar surface area (TPSA) is 42.4 Å². The molecule has 0 saturated carbocycles. The second kappa shape index (κ2) is 7.58. The fourth-order valence-corrected chi connectivity index (χ4v) is 3.41. The molecule has 0 atom stereocenters. The summed E-state index contributed by atoms with van der Waals surface area (Å²) in [7, 11) is 0. The first kappa shape index (κ1) is 19.0. The normalized spacial score (nSPS) is 13.7. The van der Waals surface area contributed by atoms with Gasteiger partial charge in [0, 0.05) is 19.3 Å². The van der Waals surface area contributed by atoms with E-state index in [0.29, 0.717) is 18.8 Å². The van der Waals surface area contributed by atoms with Gasteiger partial charge in [0.15, 0.2) is 0 Å². The lowest BCUT2D eigenvalue weighted by Gasteiger charge is -2.29. The molecule has 2 heterocycles. The first-order valence-electron chi connectivity index (χ1n) is 9.07. The molecule has 148 valence electrons. The quantitative estimate of drug-likeness (QED) is 0.634. The standard InChI is InChI=1S/C22H17F3N2O2/c23-22(24,25)29-19-8-6-15(7-9-19)17-5-4-16-10-12-27(14-18(16)13-17)21(28)20-3-1-2-11-26-20/h1-9,11,13H,10,12,14H2. The number of carbonyl (C=O) groups is 1. The minimum absolute atomic E-state index is 0.115. The maximum Gasteiger partial charge on any atom is 0.573 e. The second-order valence-corrected chi connectivity index (χ2v) is 6.75. The van der Waals surface area contributed by atoms with Crippen molar-refractivity contribution in [2.45, 2.75) is 19.3 Å². The molecule has 1 aliphatic rings. The molecule has 7 heteroatoms. The van der Waals surface area contributed by atoms with Gasteiger partial charge in [-0.05, 0) is 59.0 Å². The highest BCUT2D eigenvalue weighted by molar-refractivity contribution is 5.92. The number of rotatable bonds is 3. The van der Waals surface area contributed by atoms with Gasteiger partial charge in [-0.3, -0.25) is 9.78 Å². The Morgan fingerprint density at radius 3 is 2.41 bits per heavy atom. The van der Waals surface area contributed by atoms with Gasteiger partial charge in [0.25, 0.3) is 5.91 Å². The number of hydrogen-bond donors (Lipinski definition) is 0. The van der Waals surface area contributed by atoms with Crippen LogP contribution in [0, 0.1) is 0 Å². The van der Waals surface area contributed by atoms with Crippen molar-refractivity contribution in [3.8, 4) is 16.9 Å². The summed E-state index contributed by atoms with van der Waals surface area (Å²) in [5.74, 6) is -0.373. The van der Waals surface area contributed by atoms with Crippen LogP contribution in [-0.2, 0) is 13.0 Å². The number of aromatic nitrogens is 1. The zero-order chi connectivity index (χ0) is 20.4. The first-order valence-corrected chi connectivity index (χ1v) is 9.07. The van der Waals surface area contributed by atoms with Crippen molar-refractivity contribution in [2.75, 3.05) is 6.54 Å². The fraction of sp³-hybridized carbons (Fsp3) is 0.182. The van der Waals surface area contributed by atoms with Crippen molar-refractivity contribution in [2.24, 2.45) is 0 Å². The highest BCUT2D eigenvalue weighted by Gasteiger charge is 2.31. The van der Waals surface area contributed by atoms with Crippen molar-refractivity contribution in [3.05, 3.63) is 83.7 Å². The molecule has 1 aromatic heterocycles. The number of fused-ring (bicyclic) bond motifs is 1. The third-order valence-electron chi connectivity index (χ3n) is 4.81. The second-order valence-electron chi connectivity index (χ2n) is 6.75. The van der Waals surface area contributed by atoms with Crippen LogP contribution >= 0.6 is 0 Å². The number of ether oxygens (including phenoxy) is 1. The Kier molecular flexibility index (Phi) is 4.96. The Morgan fingerprint density at radius 1 is 0.966 bits per heavy atom. The van der Waals surface area contributed by atoms with E-state index < -0.39 is 6.36 Å². The van der Waals surface area contributed by atoms with Gasteiger partial charge < -0.3 is 9.64 Å². The summed E-state index contributed by atoms with van der Waals surface area (Å²) in [5.41, 5.74) is 4.24. The van der Waals surface area contributed by atoms with Gasteiger partial charge in [-0.15, -0.1) is 13.2 Å². The number of hydrogen-bond acceptors (Lipinski definition) is 3. The van der Waals surface area contributed by atoms with E-state index in [4.69, 9.17) is 0 Å². The molecule has 0 unspecified atom stereocenters. The Hall–Kier alpha value is -3.35. The van der Waals surface area contributed by atoms with E-state index in [-0.39, 0.29) is 11.7 Å². The summed E-state index contributed by atoms with van der Waals surface area (Å²) in [4.78, 5) is 18.6. The molecule has 2 aromatic carbocycles. The molecular formula is C22H17F3N2O2. The van der Waals surface area contributed by atoms with Gasteiger partial charge in [-0.2, -0.15) is 0 Å². The van der Waals surface area contributed by atoms with E-state index >= 15 is 0 Å². The number of halogens is 3. The van der Waals surface area contributed by atoms with E-state index in [1.807, 2.05) is 18.2 Å². The van der Waals surface area contributed by atoms with Crippen LogP contribution in [0.25, 0.3) is 11.1 Å². The number of pyridine rings is 1. The van der Waals surface area contributed by atoms with Gasteiger partial charge in [0.05, 0.1) is 0 Å². The molecule has 0 N–H and O–H groups in total. The van der Waals surface area contributed by atoms with Crippen molar-refractivity contribution in [1.82, 2.24) is 9.88 Å². The molecule has 1 aliphatic heterocycles. The summed E-state index contributed by atoms with van der Waals surface area (Å²) in [6.45, 7) is 1.08. The van der Waals surface area contributed by atoms with E-state index in [2.05, 4.69) is 9.72 Å². The zero-order valence-electron chi connectivity index (χ0n) is 15.3. The van der Waals surface area contributed by atoms with Crippen molar-refractivity contribution < 1.29 is 22.7 Å². The molecule has 3 aromatic rings. The van der Waals surface area contributed by atoms with Crippen LogP contribution in [-0.4, -0.2) is 28.7 Å². The molecule has 4 rings (SSSR count). The van der Waals surface area contributed by atoms with Gasteiger partial charge in [0.1, 0.15) is 11.4 Å². The molecule has 1 amide bonds. The Bertz CT molecular complexity index is 1020. The lowest BCUT2D eigenvalue weighted by molar-refractivity contribution is -0.274. The molecule has 0 aliphatic carbocycles. The SMILES string of the molecule is O=C(c1ccccn1)N1CCc2ccc(-c3ccc(OC(F)(F)F)cc3)cc2C1. The summed E-state index contributed by atoms with van der Waals surface area (Å²) < 4.78 is 40.9. The summed E-state index contributed by atoms with van der Waals surface area (Å²) in [6.07, 6.45) is -2.38. The van der Waals surface area contributed by atoms with Crippen molar-refractivity contribution >= 4 is 5.91 Å². The third-order valence-corrected chi connectivity index (χ3v) is 4.81. The molecule has 29 heavy (non-hydrogen) atoms. The van der Waals surface area contributed by atoms with Crippen LogP contribution in [0.15, 0.2) is 66.9 Å². The van der Waals surface area contributed by atoms with Crippen molar-refractivity contribution in [3.63, 3.8) is 0 Å². The third kappa shape index (κ3) is 4.39. The highest BCUT2D eigenvalue weighted by atomic mass is 19.4. The minimum Gasteiger partial charge on any atom is -0.406 e. The largest absolute Gasteiger partial charge is 0.573 e. The Balaban J connectivity index is 1.54. The number of alkyl halides is 3. The minimum atomic E-state index is -4.71. The Labute approximate surface area is 165 Å². The Morgan fingerprint density at radius 2 is 1.72 bits per heavy atom. The number of benzene rings is 2. The lowest BCUT2D eigenvalue weighted by Crippen LogP contribution is -2.36. The van der Waals surface area contributed by atoms with E-state index in [1.165, 1.54) is 12.1 Å². The number of carbonyl (C=O) groups excluding carboxylic acids is 1. The summed E-state index contributed by atoms with van der Waals surface area (Å²) in [6, 6.07) is 16.9. The predicted octanol–water partition coefficient (Wildman–Crippen LogP) is 4.85. The summed E-state index contributed by atoms with van der Waals surface area (Å²) in [5, 5.41) is 0. The predicted molar refractivity (Wildman–Crippen MR) is 101 cm³/mol. The van der Waals surface area contributed by atoms with Gasteiger partial charge >= 0.3 is 6.36 Å². The van der Waals surface area contributed by atoms with Crippen LogP contribution in [0.2, 0.25) is 0 Å². The van der Waals surface area contributed by atoms with Crippen LogP contribution in [0.3, 0.4) is 0 Å². The lowest BCUT2D eigenvalue weighted by atomic mass is 9.94. The highest BCUT2D eigenvalue weighted by Crippen LogP contribution is 2.29. The monoisotopic (exact) mass is 398 g/mol. The van der Waals surface area contributed by atoms with Gasteiger partial charge in [0.2, 0.25) is 0 Å². The summed E-state index contributed by atoms with van der Waals surface area (Å²) >= 11 is 0. The maximum absolute atomic E-state index is 12.7. The van der Waals surface area contributed by atoms with E-state index in [9.17, 15) is 18.0 Å². The van der Waals surface area contributed by atoms with E-state index in [1.54, 1.807) is 41.4 Å². The number of nitrogens with zero attached hydrogens (tertiary/aromatic N) is 2.